The predicted octanol–water partition coefficient (Wildman–Crippen LogP) is -1.14. The highest BCUT2D eigenvalue weighted by molar-refractivity contribution is 5.80. The molecule has 5 atom stereocenters. The first-order chi connectivity index (χ1) is 12.7. The van der Waals surface area contributed by atoms with Crippen molar-refractivity contribution in [2.24, 2.45) is 0 Å². The molecule has 1 aliphatic rings. The molecule has 9 nitrogen and oxygen atoms in total. The van der Waals surface area contributed by atoms with Crippen molar-refractivity contribution >= 4 is 16.9 Å². The minimum Gasteiger partial charge on any atom is -0.423 e. The van der Waals surface area contributed by atoms with Gasteiger partial charge in [-0.05, 0) is 18.6 Å². The highest BCUT2D eigenvalue weighted by atomic mass is 16.6. The standard InChI is InChI=1S/C18H21NO8/c1-8-5-14(22)26-12-6-10(3-4-11(8)12)18(25)17(19-9(2)21)16(24)15(23)13(7-20)27-18/h3-6,13,15-17,20,23-25H,7H2,1-2H3,(H,19,21)/t13-,15-,16+,17-,18-/m1/s1. The molecule has 0 unspecified atom stereocenters. The van der Waals surface area contributed by atoms with Crippen LogP contribution in [0.1, 0.15) is 18.1 Å². The van der Waals surface area contributed by atoms with Gasteiger partial charge in [0.05, 0.1) is 6.61 Å². The Morgan fingerprint density at radius 1 is 1.26 bits per heavy atom. The van der Waals surface area contributed by atoms with E-state index in [2.05, 4.69) is 5.32 Å². The number of hydrogen-bond acceptors (Lipinski definition) is 8. The Balaban J connectivity index is 2.15. The van der Waals surface area contributed by atoms with Gasteiger partial charge >= 0.3 is 5.63 Å². The van der Waals surface area contributed by atoms with Crippen molar-refractivity contribution in [2.75, 3.05) is 6.61 Å². The molecule has 1 saturated heterocycles. The number of nitrogens with one attached hydrogen (secondary N) is 1. The quantitative estimate of drug-likeness (QED) is 0.420. The summed E-state index contributed by atoms with van der Waals surface area (Å²) in [6.07, 6.45) is -4.45. The third-order valence-electron chi connectivity index (χ3n) is 4.73. The van der Waals surface area contributed by atoms with Gasteiger partial charge in [0, 0.05) is 23.9 Å². The van der Waals surface area contributed by atoms with Crippen LogP contribution in [0, 0.1) is 6.92 Å². The van der Waals surface area contributed by atoms with E-state index in [1.807, 2.05) is 0 Å². The van der Waals surface area contributed by atoms with Crippen molar-refractivity contribution in [3.8, 4) is 0 Å². The van der Waals surface area contributed by atoms with Crippen LogP contribution in [0.5, 0.6) is 0 Å². The number of ether oxygens (including phenoxy) is 1. The maximum absolute atomic E-state index is 11.7. The van der Waals surface area contributed by atoms with Gasteiger partial charge in [-0.1, -0.05) is 12.1 Å². The summed E-state index contributed by atoms with van der Waals surface area (Å²) in [5.41, 5.74) is 0.353. The van der Waals surface area contributed by atoms with Crippen LogP contribution in [0.15, 0.2) is 33.5 Å². The lowest BCUT2D eigenvalue weighted by atomic mass is 9.85. The Labute approximate surface area is 153 Å². The van der Waals surface area contributed by atoms with Crippen molar-refractivity contribution in [3.63, 3.8) is 0 Å². The van der Waals surface area contributed by atoms with Crippen molar-refractivity contribution in [3.05, 3.63) is 45.8 Å². The van der Waals surface area contributed by atoms with Crippen LogP contribution in [0.2, 0.25) is 0 Å². The summed E-state index contributed by atoms with van der Waals surface area (Å²) >= 11 is 0. The molecule has 0 aliphatic carbocycles. The third-order valence-corrected chi connectivity index (χ3v) is 4.73. The monoisotopic (exact) mass is 379 g/mol. The van der Waals surface area contributed by atoms with E-state index in [0.29, 0.717) is 10.9 Å². The molecule has 2 aromatic rings. The zero-order chi connectivity index (χ0) is 19.9. The lowest BCUT2D eigenvalue weighted by Gasteiger charge is -2.47. The maximum Gasteiger partial charge on any atom is 0.336 e. The summed E-state index contributed by atoms with van der Waals surface area (Å²) in [6.45, 7) is 2.24. The normalized spacial score (nSPS) is 31.0. The van der Waals surface area contributed by atoms with Gasteiger partial charge in [-0.2, -0.15) is 0 Å². The molecule has 146 valence electrons. The fourth-order valence-electron chi connectivity index (χ4n) is 3.37. The summed E-state index contributed by atoms with van der Waals surface area (Å²) in [5, 5.41) is 44.1. The smallest absolute Gasteiger partial charge is 0.336 e. The fraction of sp³-hybridized carbons (Fsp3) is 0.444. The van der Waals surface area contributed by atoms with Gasteiger partial charge in [-0.15, -0.1) is 0 Å². The summed E-state index contributed by atoms with van der Waals surface area (Å²) in [7, 11) is 0. The number of carbonyl (C=O) groups is 1. The van der Waals surface area contributed by atoms with Gasteiger partial charge in [-0.3, -0.25) is 4.79 Å². The van der Waals surface area contributed by atoms with E-state index in [0.717, 1.165) is 0 Å². The molecule has 1 aromatic carbocycles. The molecule has 0 radical (unpaired) electrons. The lowest BCUT2D eigenvalue weighted by Crippen LogP contribution is -2.68. The summed E-state index contributed by atoms with van der Waals surface area (Å²) in [6, 6.07) is 4.35. The number of amides is 1. The highest BCUT2D eigenvalue weighted by Crippen LogP contribution is 2.37. The van der Waals surface area contributed by atoms with Crippen LogP contribution in [0.3, 0.4) is 0 Å². The first-order valence-corrected chi connectivity index (χ1v) is 8.36. The van der Waals surface area contributed by atoms with Crippen molar-refractivity contribution in [2.45, 2.75) is 44.0 Å². The Bertz CT molecular complexity index is 925. The topological polar surface area (TPSA) is 149 Å². The average molecular weight is 379 g/mol. The number of carbonyl (C=O) groups excluding carboxylic acids is 1. The van der Waals surface area contributed by atoms with Crippen LogP contribution < -0.4 is 10.9 Å². The van der Waals surface area contributed by atoms with Gasteiger partial charge in [0.15, 0.2) is 0 Å². The summed E-state index contributed by atoms with van der Waals surface area (Å²) < 4.78 is 10.6. The Kier molecular flexibility index (Phi) is 5.06. The van der Waals surface area contributed by atoms with Crippen LogP contribution in [-0.2, 0) is 15.3 Å². The number of aliphatic hydroxyl groups excluding tert-OH is 3. The van der Waals surface area contributed by atoms with Crippen molar-refractivity contribution < 1.29 is 34.4 Å². The van der Waals surface area contributed by atoms with E-state index >= 15 is 0 Å². The van der Waals surface area contributed by atoms with E-state index < -0.39 is 48.3 Å². The van der Waals surface area contributed by atoms with E-state index in [1.54, 1.807) is 13.0 Å². The molecule has 2 heterocycles. The third kappa shape index (κ3) is 3.35. The SMILES string of the molecule is CC(=O)N[C@@H]1[C@@H](O)[C@H](O)[C@@H](CO)O[C@]1(O)c1ccc2c(C)cc(=O)oc2c1. The van der Waals surface area contributed by atoms with Crippen LogP contribution >= 0.6 is 0 Å². The van der Waals surface area contributed by atoms with Crippen LogP contribution in [-0.4, -0.2) is 57.3 Å². The molecule has 1 aromatic heterocycles. The Morgan fingerprint density at radius 3 is 2.59 bits per heavy atom. The highest BCUT2D eigenvalue weighted by Gasteiger charge is 2.54. The molecule has 0 saturated carbocycles. The number of benzene rings is 1. The second-order valence-electron chi connectivity index (χ2n) is 6.65. The maximum atomic E-state index is 11.7. The van der Waals surface area contributed by atoms with E-state index in [1.165, 1.54) is 25.1 Å². The van der Waals surface area contributed by atoms with Crippen LogP contribution in [0.4, 0.5) is 0 Å². The van der Waals surface area contributed by atoms with Gasteiger partial charge in [-0.25, -0.2) is 4.79 Å². The van der Waals surface area contributed by atoms with E-state index in [9.17, 15) is 30.0 Å². The number of aliphatic hydroxyl groups is 4. The molecule has 9 heteroatoms. The molecule has 0 spiro atoms. The molecular weight excluding hydrogens is 358 g/mol. The molecule has 1 amide bonds. The van der Waals surface area contributed by atoms with E-state index in [4.69, 9.17) is 9.15 Å². The first kappa shape index (κ1) is 19.5. The molecule has 5 N–H and O–H groups in total. The lowest BCUT2D eigenvalue weighted by molar-refractivity contribution is -0.326. The first-order valence-electron chi connectivity index (χ1n) is 8.36. The number of hydrogen-bond donors (Lipinski definition) is 5. The van der Waals surface area contributed by atoms with Crippen LogP contribution in [0.25, 0.3) is 11.0 Å². The Morgan fingerprint density at radius 2 is 1.96 bits per heavy atom. The molecule has 27 heavy (non-hydrogen) atoms. The summed E-state index contributed by atoms with van der Waals surface area (Å²) in [4.78, 5) is 23.2. The minimum atomic E-state index is -2.28. The van der Waals surface area contributed by atoms with Gasteiger partial charge in [0.1, 0.15) is 29.9 Å². The van der Waals surface area contributed by atoms with Gasteiger partial charge in [0.25, 0.3) is 0 Å². The fourth-order valence-corrected chi connectivity index (χ4v) is 3.37. The molecule has 3 rings (SSSR count). The average Bonchev–Trinajstić information content (AvgIpc) is 2.61. The molecule has 1 aliphatic heterocycles. The largest absolute Gasteiger partial charge is 0.423 e. The van der Waals surface area contributed by atoms with Gasteiger partial charge < -0.3 is 34.9 Å². The van der Waals surface area contributed by atoms with E-state index in [-0.39, 0.29) is 11.1 Å². The number of fused-ring (bicyclic) bond motifs is 1. The zero-order valence-corrected chi connectivity index (χ0v) is 14.7. The number of aryl methyl sites for hydroxylation is 1. The number of rotatable bonds is 3. The van der Waals surface area contributed by atoms with Gasteiger partial charge in [0.2, 0.25) is 11.7 Å². The van der Waals surface area contributed by atoms with Crippen molar-refractivity contribution in [1.29, 1.82) is 0 Å². The second kappa shape index (κ2) is 7.02. The van der Waals surface area contributed by atoms with Crippen molar-refractivity contribution in [1.82, 2.24) is 5.32 Å². The predicted molar refractivity (Wildman–Crippen MR) is 92.7 cm³/mol. The molecular formula is C18H21NO8. The Hall–Kier alpha value is -2.30. The molecule has 0 bridgehead atoms. The summed E-state index contributed by atoms with van der Waals surface area (Å²) in [5.74, 6) is -2.85. The molecule has 1 fully saturated rings. The zero-order valence-electron chi connectivity index (χ0n) is 14.7. The second-order valence-corrected chi connectivity index (χ2v) is 6.65. The minimum absolute atomic E-state index is 0.0758.